The number of rotatable bonds is 4. The number of carbonyl (C=O) groups is 1. The number of hydrogen-bond donors (Lipinski definition) is 1. The summed E-state index contributed by atoms with van der Waals surface area (Å²) in [5.74, 6) is 4.02. The number of allylic oxidation sites excluding steroid dienone is 1. The van der Waals surface area contributed by atoms with Crippen LogP contribution in [-0.2, 0) is 14.3 Å². The van der Waals surface area contributed by atoms with Gasteiger partial charge in [-0.15, -0.1) is 0 Å². The van der Waals surface area contributed by atoms with Crippen molar-refractivity contribution in [3.05, 3.63) is 11.6 Å². The minimum Gasteiger partial charge on any atom is -0.353 e. The number of nitrogens with one attached hydrogen (secondary N) is 1. The van der Waals surface area contributed by atoms with E-state index < -0.39 is 0 Å². The molecule has 1 N–H and O–H groups in total. The maximum atomic E-state index is 12.5. The molecule has 0 aromatic carbocycles. The van der Waals surface area contributed by atoms with Crippen LogP contribution >= 0.6 is 0 Å². The number of fused-ring (bicyclic) bond motifs is 7. The highest BCUT2D eigenvalue weighted by Gasteiger charge is 2.68. The van der Waals surface area contributed by atoms with Gasteiger partial charge in [-0.25, -0.2) is 0 Å². The largest absolute Gasteiger partial charge is 0.353 e. The average Bonchev–Trinajstić information content (AvgIpc) is 3.30. The standard InChI is InChI=1S/C32H52N2O3/c1-20-9-15-32(36-19-20)21(2)29-27(37-32)18-26-24-8-7-22-17-23(33-28(35)12-16-34(5)6)10-13-30(22,3)25(24)11-14-31(26,29)4/h7,20-21,23-27,29H,8-19H2,1-6H3,(H,33,35)/t20-,21+,23-,24-,25+,26+,27+,29+,30+,31+,32-/m1/s1. The van der Waals surface area contributed by atoms with Crippen LogP contribution in [0.1, 0.15) is 91.9 Å². The van der Waals surface area contributed by atoms with Gasteiger partial charge >= 0.3 is 0 Å². The van der Waals surface area contributed by atoms with Gasteiger partial charge in [-0.05, 0) is 106 Å². The van der Waals surface area contributed by atoms with Gasteiger partial charge in [-0.1, -0.05) is 39.3 Å². The lowest BCUT2D eigenvalue weighted by Crippen LogP contribution is -2.53. The van der Waals surface area contributed by atoms with Gasteiger partial charge in [0, 0.05) is 31.3 Å². The Balaban J connectivity index is 1.16. The Bertz CT molecular complexity index is 923. The van der Waals surface area contributed by atoms with Gasteiger partial charge < -0.3 is 19.7 Å². The van der Waals surface area contributed by atoms with E-state index in [1.165, 1.54) is 38.5 Å². The summed E-state index contributed by atoms with van der Waals surface area (Å²) in [4.78, 5) is 14.6. The van der Waals surface area contributed by atoms with Crippen LogP contribution in [-0.4, -0.2) is 56.0 Å². The monoisotopic (exact) mass is 512 g/mol. The van der Waals surface area contributed by atoms with Crippen molar-refractivity contribution in [2.24, 2.45) is 46.3 Å². The van der Waals surface area contributed by atoms with Gasteiger partial charge in [-0.2, -0.15) is 0 Å². The molecule has 1 amide bonds. The summed E-state index contributed by atoms with van der Waals surface area (Å²) in [5, 5.41) is 3.37. The second-order valence-corrected chi connectivity index (χ2v) is 14.8. The quantitative estimate of drug-likeness (QED) is 0.485. The molecule has 4 aliphatic carbocycles. The zero-order valence-corrected chi connectivity index (χ0v) is 24.4. The van der Waals surface area contributed by atoms with Crippen molar-refractivity contribution in [2.45, 2.75) is 110 Å². The molecule has 2 saturated heterocycles. The van der Waals surface area contributed by atoms with Crippen molar-refractivity contribution < 1.29 is 14.3 Å². The third-order valence-electron chi connectivity index (χ3n) is 12.5. The Morgan fingerprint density at radius 2 is 1.92 bits per heavy atom. The molecule has 5 nitrogen and oxygen atoms in total. The summed E-state index contributed by atoms with van der Waals surface area (Å²) in [6.07, 6.45) is 14.5. The average molecular weight is 513 g/mol. The van der Waals surface area contributed by atoms with Gasteiger partial charge in [-0.3, -0.25) is 4.79 Å². The lowest BCUT2D eigenvalue weighted by molar-refractivity contribution is -0.272. The van der Waals surface area contributed by atoms with E-state index >= 15 is 0 Å². The lowest BCUT2D eigenvalue weighted by atomic mass is 9.46. The van der Waals surface area contributed by atoms with Crippen molar-refractivity contribution in [2.75, 3.05) is 27.2 Å². The summed E-state index contributed by atoms with van der Waals surface area (Å²) in [6, 6.07) is 0.314. The van der Waals surface area contributed by atoms with Crippen molar-refractivity contribution in [3.8, 4) is 0 Å². The fourth-order valence-electron chi connectivity index (χ4n) is 10.4. The van der Waals surface area contributed by atoms with Crippen molar-refractivity contribution >= 4 is 5.91 Å². The number of amides is 1. The van der Waals surface area contributed by atoms with Crippen LogP contribution in [0.5, 0.6) is 0 Å². The Kier molecular flexibility index (Phi) is 6.64. The van der Waals surface area contributed by atoms with Crippen molar-refractivity contribution in [1.82, 2.24) is 10.2 Å². The van der Waals surface area contributed by atoms with Crippen LogP contribution in [0, 0.1) is 46.3 Å². The van der Waals surface area contributed by atoms with Gasteiger partial charge in [0.2, 0.25) is 5.91 Å². The minimum absolute atomic E-state index is 0.214. The molecule has 5 heteroatoms. The molecule has 37 heavy (non-hydrogen) atoms. The maximum absolute atomic E-state index is 12.5. The first-order valence-electron chi connectivity index (χ1n) is 15.5. The summed E-state index contributed by atoms with van der Waals surface area (Å²) >= 11 is 0. The zero-order chi connectivity index (χ0) is 26.2. The molecule has 6 rings (SSSR count). The van der Waals surface area contributed by atoms with E-state index in [0.717, 1.165) is 50.2 Å². The van der Waals surface area contributed by atoms with Crippen LogP contribution in [0.2, 0.25) is 0 Å². The SMILES string of the molecule is C[C@@H]1CC[C@@]2(OC1)O[C@H]1C[C@H]3[C@@H]4CC=C5C[C@H](NC(=O)CCN(C)C)CC[C@]5(C)[C@H]4CC[C@]3(C)[C@H]1[C@@H]2C. The van der Waals surface area contributed by atoms with Crippen LogP contribution in [0.4, 0.5) is 0 Å². The molecule has 0 unspecified atom stereocenters. The number of ether oxygens (including phenoxy) is 2. The van der Waals surface area contributed by atoms with Crippen LogP contribution in [0.15, 0.2) is 11.6 Å². The van der Waals surface area contributed by atoms with E-state index in [9.17, 15) is 4.79 Å². The third-order valence-corrected chi connectivity index (χ3v) is 12.5. The Morgan fingerprint density at radius 3 is 2.65 bits per heavy atom. The van der Waals surface area contributed by atoms with E-state index in [2.05, 4.69) is 44.0 Å². The topological polar surface area (TPSA) is 50.8 Å². The van der Waals surface area contributed by atoms with E-state index in [0.29, 0.717) is 47.2 Å². The molecule has 2 heterocycles. The van der Waals surface area contributed by atoms with Gasteiger partial charge in [0.05, 0.1) is 12.7 Å². The lowest BCUT2D eigenvalue weighted by Gasteiger charge is -2.58. The van der Waals surface area contributed by atoms with E-state index in [1.54, 1.807) is 5.57 Å². The number of hydrogen-bond acceptors (Lipinski definition) is 4. The Morgan fingerprint density at radius 1 is 1.11 bits per heavy atom. The molecule has 3 saturated carbocycles. The molecule has 0 aromatic heterocycles. The highest BCUT2D eigenvalue weighted by molar-refractivity contribution is 5.76. The molecule has 1 spiro atoms. The second-order valence-electron chi connectivity index (χ2n) is 14.8. The second kappa shape index (κ2) is 9.34. The molecule has 2 aliphatic heterocycles. The fourth-order valence-corrected chi connectivity index (χ4v) is 10.4. The van der Waals surface area contributed by atoms with Gasteiger partial charge in [0.1, 0.15) is 0 Å². The first-order valence-corrected chi connectivity index (χ1v) is 15.5. The normalized spacial score (nSPS) is 50.7. The fraction of sp³-hybridized carbons (Fsp3) is 0.906. The first-order chi connectivity index (χ1) is 17.6. The Hall–Kier alpha value is -0.910. The smallest absolute Gasteiger partial charge is 0.221 e. The molecule has 11 atom stereocenters. The third kappa shape index (κ3) is 4.16. The van der Waals surface area contributed by atoms with Gasteiger partial charge in [0.25, 0.3) is 0 Å². The van der Waals surface area contributed by atoms with Crippen LogP contribution in [0.3, 0.4) is 0 Å². The molecule has 0 radical (unpaired) electrons. The van der Waals surface area contributed by atoms with Gasteiger partial charge in [0.15, 0.2) is 5.79 Å². The van der Waals surface area contributed by atoms with E-state index in [1.807, 2.05) is 14.1 Å². The first kappa shape index (κ1) is 26.3. The molecule has 0 aromatic rings. The number of nitrogens with zero attached hydrogens (tertiary/aromatic N) is 1. The van der Waals surface area contributed by atoms with Crippen molar-refractivity contribution in [3.63, 3.8) is 0 Å². The Labute approximate surface area is 225 Å². The molecule has 5 fully saturated rings. The predicted octanol–water partition coefficient (Wildman–Crippen LogP) is 5.79. The molecule has 208 valence electrons. The highest BCUT2D eigenvalue weighted by atomic mass is 16.7. The highest BCUT2D eigenvalue weighted by Crippen LogP contribution is 2.70. The summed E-state index contributed by atoms with van der Waals surface area (Å²) in [5.41, 5.74) is 2.33. The minimum atomic E-state index is -0.312. The number of carbonyl (C=O) groups excluding carboxylic acids is 1. The molecular formula is C32H52N2O3. The summed E-state index contributed by atoms with van der Waals surface area (Å²) < 4.78 is 13.5. The van der Waals surface area contributed by atoms with E-state index in [-0.39, 0.29) is 11.7 Å². The van der Waals surface area contributed by atoms with Crippen LogP contribution < -0.4 is 5.32 Å². The summed E-state index contributed by atoms with van der Waals surface area (Å²) in [7, 11) is 4.06. The molecule has 6 aliphatic rings. The summed E-state index contributed by atoms with van der Waals surface area (Å²) in [6.45, 7) is 11.6. The van der Waals surface area contributed by atoms with Crippen LogP contribution in [0.25, 0.3) is 0 Å². The zero-order valence-electron chi connectivity index (χ0n) is 24.4. The molecular weight excluding hydrogens is 460 g/mol. The predicted molar refractivity (Wildman–Crippen MR) is 147 cm³/mol. The van der Waals surface area contributed by atoms with Crippen molar-refractivity contribution in [1.29, 1.82) is 0 Å². The van der Waals surface area contributed by atoms with E-state index in [4.69, 9.17) is 9.47 Å². The molecule has 0 bridgehead atoms. The maximum Gasteiger partial charge on any atom is 0.221 e.